The van der Waals surface area contributed by atoms with Gasteiger partial charge in [-0.3, -0.25) is 0 Å². The summed E-state index contributed by atoms with van der Waals surface area (Å²) in [5.74, 6) is 1.52. The minimum atomic E-state index is 0.619. The highest BCUT2D eigenvalue weighted by atomic mass is 32.1. The molecule has 0 aliphatic heterocycles. The normalized spacial score (nSPS) is 10.3. The van der Waals surface area contributed by atoms with Crippen molar-refractivity contribution >= 4 is 23.0 Å². The molecule has 0 unspecified atom stereocenters. The number of benzene rings is 2. The van der Waals surface area contributed by atoms with E-state index in [1.54, 1.807) is 14.2 Å². The van der Waals surface area contributed by atoms with Gasteiger partial charge >= 0.3 is 0 Å². The van der Waals surface area contributed by atoms with Gasteiger partial charge in [-0.05, 0) is 73.8 Å². The molecule has 5 heteroatoms. The van der Waals surface area contributed by atoms with Crippen molar-refractivity contribution in [2.45, 2.75) is 27.2 Å². The number of hydrogen-bond acceptors (Lipinski definition) is 3. The van der Waals surface area contributed by atoms with Crippen LogP contribution in [0, 0.1) is 20.8 Å². The van der Waals surface area contributed by atoms with Gasteiger partial charge in [0.1, 0.15) is 0 Å². The van der Waals surface area contributed by atoms with Crippen molar-refractivity contribution in [3.8, 4) is 11.5 Å². The molecule has 0 aromatic heterocycles. The molecular weight excluding hydrogens is 332 g/mol. The lowest BCUT2D eigenvalue weighted by Crippen LogP contribution is -2.30. The van der Waals surface area contributed by atoms with E-state index in [0.717, 1.165) is 29.2 Å². The lowest BCUT2D eigenvalue weighted by molar-refractivity contribution is 0.351. The first-order chi connectivity index (χ1) is 12.0. The van der Waals surface area contributed by atoms with Crippen LogP contribution in [0.1, 0.15) is 22.3 Å². The molecule has 0 saturated heterocycles. The predicted molar refractivity (Wildman–Crippen MR) is 108 cm³/mol. The Labute approximate surface area is 155 Å². The molecular formula is C20H26N2O2S. The van der Waals surface area contributed by atoms with E-state index in [0.29, 0.717) is 11.7 Å². The summed E-state index contributed by atoms with van der Waals surface area (Å²) < 4.78 is 10.8. The Morgan fingerprint density at radius 3 is 2.40 bits per heavy atom. The van der Waals surface area contributed by atoms with Crippen LogP contribution in [0.2, 0.25) is 0 Å². The average molecular weight is 359 g/mol. The monoisotopic (exact) mass is 358 g/mol. The van der Waals surface area contributed by atoms with E-state index in [-0.39, 0.29) is 0 Å². The van der Waals surface area contributed by atoms with Crippen molar-refractivity contribution in [1.29, 1.82) is 0 Å². The summed E-state index contributed by atoms with van der Waals surface area (Å²) in [4.78, 5) is 0. The molecule has 0 atom stereocenters. The van der Waals surface area contributed by atoms with Crippen molar-refractivity contribution in [3.05, 3.63) is 52.6 Å². The molecule has 0 aliphatic carbocycles. The van der Waals surface area contributed by atoms with Gasteiger partial charge in [0.05, 0.1) is 14.2 Å². The Morgan fingerprint density at radius 1 is 1.00 bits per heavy atom. The number of nitrogens with one attached hydrogen (secondary N) is 2. The largest absolute Gasteiger partial charge is 0.493 e. The Balaban J connectivity index is 1.94. The Morgan fingerprint density at radius 2 is 1.72 bits per heavy atom. The highest BCUT2D eigenvalue weighted by molar-refractivity contribution is 7.80. The van der Waals surface area contributed by atoms with Crippen LogP contribution in [0.4, 0.5) is 5.69 Å². The summed E-state index contributed by atoms with van der Waals surface area (Å²) in [5, 5.41) is 7.15. The summed E-state index contributed by atoms with van der Waals surface area (Å²) in [5.41, 5.74) is 5.84. The van der Waals surface area contributed by atoms with Gasteiger partial charge in [-0.15, -0.1) is 0 Å². The zero-order valence-corrected chi connectivity index (χ0v) is 16.3. The van der Waals surface area contributed by atoms with E-state index in [1.165, 1.54) is 16.7 Å². The van der Waals surface area contributed by atoms with E-state index < -0.39 is 0 Å². The number of para-hydroxylation sites is 1. The molecule has 0 amide bonds. The standard InChI is InChI=1S/C20H26N2O2S/c1-13-11-15(3)17(12-14(13)2)22-20(25)21-10-9-16-7-6-8-18(23-4)19(16)24-5/h6-8,11-12H,9-10H2,1-5H3,(H2,21,22,25). The molecule has 2 rings (SSSR count). The van der Waals surface area contributed by atoms with Gasteiger partial charge in [0, 0.05) is 12.2 Å². The summed E-state index contributed by atoms with van der Waals surface area (Å²) in [6, 6.07) is 10.2. The van der Waals surface area contributed by atoms with Crippen molar-refractivity contribution in [2.24, 2.45) is 0 Å². The van der Waals surface area contributed by atoms with Crippen molar-refractivity contribution < 1.29 is 9.47 Å². The number of thiocarbonyl (C=S) groups is 1. The SMILES string of the molecule is COc1cccc(CCNC(=S)Nc2cc(C)c(C)cc2C)c1OC. The van der Waals surface area contributed by atoms with Crippen molar-refractivity contribution in [3.63, 3.8) is 0 Å². The van der Waals surface area contributed by atoms with Crippen LogP contribution in [0.15, 0.2) is 30.3 Å². The predicted octanol–water partition coefficient (Wildman–Crippen LogP) is 4.16. The molecule has 134 valence electrons. The molecule has 0 spiro atoms. The maximum atomic E-state index is 5.46. The van der Waals surface area contributed by atoms with Crippen LogP contribution in [0.25, 0.3) is 0 Å². The minimum absolute atomic E-state index is 0.619. The summed E-state index contributed by atoms with van der Waals surface area (Å²) in [7, 11) is 3.30. The molecule has 2 aromatic carbocycles. The van der Waals surface area contributed by atoms with Crippen LogP contribution in [0.5, 0.6) is 11.5 Å². The highest BCUT2D eigenvalue weighted by Crippen LogP contribution is 2.30. The van der Waals surface area contributed by atoms with Crippen LogP contribution in [-0.4, -0.2) is 25.9 Å². The molecule has 4 nitrogen and oxygen atoms in total. The number of ether oxygens (including phenoxy) is 2. The Bertz CT molecular complexity index is 760. The highest BCUT2D eigenvalue weighted by Gasteiger charge is 2.09. The van der Waals surface area contributed by atoms with Gasteiger partial charge in [0.15, 0.2) is 16.6 Å². The lowest BCUT2D eigenvalue weighted by Gasteiger charge is -2.15. The fourth-order valence-corrected chi connectivity index (χ4v) is 2.93. The van der Waals surface area contributed by atoms with E-state index in [9.17, 15) is 0 Å². The average Bonchev–Trinajstić information content (AvgIpc) is 2.59. The first kappa shape index (κ1) is 19.1. The van der Waals surface area contributed by atoms with E-state index in [2.05, 4.69) is 43.5 Å². The second-order valence-corrected chi connectivity index (χ2v) is 6.44. The van der Waals surface area contributed by atoms with Crippen LogP contribution >= 0.6 is 12.2 Å². The summed E-state index contributed by atoms with van der Waals surface area (Å²) in [6.45, 7) is 7.01. The van der Waals surface area contributed by atoms with Crippen LogP contribution in [-0.2, 0) is 6.42 Å². The number of hydrogen-bond donors (Lipinski definition) is 2. The molecule has 0 radical (unpaired) electrons. The van der Waals surface area contributed by atoms with Gasteiger partial charge in [-0.2, -0.15) is 0 Å². The van der Waals surface area contributed by atoms with Gasteiger partial charge in [0.2, 0.25) is 0 Å². The number of anilines is 1. The quantitative estimate of drug-likeness (QED) is 0.759. The maximum Gasteiger partial charge on any atom is 0.170 e. The fraction of sp³-hybridized carbons (Fsp3) is 0.350. The van der Waals surface area contributed by atoms with Gasteiger partial charge in [-0.25, -0.2) is 0 Å². The fourth-order valence-electron chi connectivity index (χ4n) is 2.72. The zero-order valence-electron chi connectivity index (χ0n) is 15.5. The molecule has 0 heterocycles. The Kier molecular flexibility index (Phi) is 6.65. The van der Waals surface area contributed by atoms with Gasteiger partial charge in [-0.1, -0.05) is 18.2 Å². The smallest absolute Gasteiger partial charge is 0.170 e. The Hall–Kier alpha value is -2.27. The van der Waals surface area contributed by atoms with Crippen molar-refractivity contribution in [1.82, 2.24) is 5.32 Å². The summed E-state index contributed by atoms with van der Waals surface area (Å²) >= 11 is 5.42. The summed E-state index contributed by atoms with van der Waals surface area (Å²) in [6.07, 6.45) is 0.786. The van der Waals surface area contributed by atoms with E-state index in [1.807, 2.05) is 18.2 Å². The van der Waals surface area contributed by atoms with E-state index >= 15 is 0 Å². The third-order valence-electron chi connectivity index (χ3n) is 4.25. The zero-order chi connectivity index (χ0) is 18.4. The molecule has 0 aliphatic rings. The molecule has 0 saturated carbocycles. The van der Waals surface area contributed by atoms with Gasteiger partial charge < -0.3 is 20.1 Å². The van der Waals surface area contributed by atoms with Crippen molar-refractivity contribution in [2.75, 3.05) is 26.1 Å². The minimum Gasteiger partial charge on any atom is -0.493 e. The van der Waals surface area contributed by atoms with Crippen LogP contribution in [0.3, 0.4) is 0 Å². The number of aryl methyl sites for hydroxylation is 3. The first-order valence-electron chi connectivity index (χ1n) is 8.28. The first-order valence-corrected chi connectivity index (χ1v) is 8.69. The molecule has 2 aromatic rings. The molecule has 0 fully saturated rings. The van der Waals surface area contributed by atoms with Gasteiger partial charge in [0.25, 0.3) is 0 Å². The maximum absolute atomic E-state index is 5.46. The second kappa shape index (κ2) is 8.72. The third kappa shape index (κ3) is 4.86. The van der Waals surface area contributed by atoms with E-state index in [4.69, 9.17) is 21.7 Å². The topological polar surface area (TPSA) is 42.5 Å². The lowest BCUT2D eigenvalue weighted by atomic mass is 10.1. The van der Waals surface area contributed by atoms with Crippen LogP contribution < -0.4 is 20.1 Å². The number of methoxy groups -OCH3 is 2. The molecule has 25 heavy (non-hydrogen) atoms. The molecule has 0 bridgehead atoms. The molecule has 2 N–H and O–H groups in total. The third-order valence-corrected chi connectivity index (χ3v) is 4.50. The number of rotatable bonds is 6. The second-order valence-electron chi connectivity index (χ2n) is 6.03.